The predicted octanol–water partition coefficient (Wildman–Crippen LogP) is 1.89. The molecule has 1 aromatic carbocycles. The molecule has 3 rings (SSSR count). The number of carbonyl (C=O) groups excluding carboxylic acids is 3. The van der Waals surface area contributed by atoms with Gasteiger partial charge in [-0.1, -0.05) is 18.2 Å². The van der Waals surface area contributed by atoms with E-state index in [4.69, 9.17) is 4.74 Å². The first-order chi connectivity index (χ1) is 13.4. The number of H-pyrrole nitrogens is 1. The van der Waals surface area contributed by atoms with Gasteiger partial charge in [0.05, 0.1) is 12.2 Å². The molecule has 3 aromatic rings. The molecule has 1 N–H and O–H groups in total. The molecular formula is C19H19N5O4. The van der Waals surface area contributed by atoms with Crippen LogP contribution in [0.1, 0.15) is 44.5 Å². The van der Waals surface area contributed by atoms with E-state index < -0.39 is 0 Å². The standard InChI is InChI=1S/C19H19N5O4/c1-11-16(18(27)15-6-4-5-14(9-15)10-25)12(2)20-17(11)19-21-23-24(22-19)7-8-28-13(3)26/h4-6,9-10,20H,7-8H2,1-3H3. The lowest BCUT2D eigenvalue weighted by Crippen LogP contribution is -2.11. The van der Waals surface area contributed by atoms with E-state index in [-0.39, 0.29) is 24.9 Å². The fraction of sp³-hybridized carbons (Fsp3) is 0.263. The highest BCUT2D eigenvalue weighted by Gasteiger charge is 2.22. The monoisotopic (exact) mass is 381 g/mol. The van der Waals surface area contributed by atoms with Crippen LogP contribution in [0.5, 0.6) is 0 Å². The Labute approximate surface area is 160 Å². The molecule has 0 aliphatic heterocycles. The Morgan fingerprint density at radius 1 is 1.29 bits per heavy atom. The predicted molar refractivity (Wildman–Crippen MR) is 99.0 cm³/mol. The average Bonchev–Trinajstić information content (AvgIpc) is 3.25. The van der Waals surface area contributed by atoms with Gasteiger partial charge < -0.3 is 9.72 Å². The summed E-state index contributed by atoms with van der Waals surface area (Å²) in [6, 6.07) is 6.55. The number of hydrogen-bond acceptors (Lipinski definition) is 7. The summed E-state index contributed by atoms with van der Waals surface area (Å²) in [4.78, 5) is 39.2. The number of aromatic nitrogens is 5. The highest BCUT2D eigenvalue weighted by molar-refractivity contribution is 6.12. The Kier molecular flexibility index (Phi) is 5.44. The van der Waals surface area contributed by atoms with Crippen LogP contribution in [0, 0.1) is 13.8 Å². The Hall–Kier alpha value is -3.62. The van der Waals surface area contributed by atoms with Gasteiger partial charge in [0, 0.05) is 29.3 Å². The van der Waals surface area contributed by atoms with E-state index in [1.165, 1.54) is 11.7 Å². The van der Waals surface area contributed by atoms with E-state index in [1.807, 2.05) is 0 Å². The third-order valence-corrected chi connectivity index (χ3v) is 4.22. The molecule has 2 heterocycles. The summed E-state index contributed by atoms with van der Waals surface area (Å²) in [7, 11) is 0. The molecule has 0 aliphatic carbocycles. The van der Waals surface area contributed by atoms with Crippen molar-refractivity contribution < 1.29 is 19.1 Å². The van der Waals surface area contributed by atoms with E-state index in [9.17, 15) is 14.4 Å². The summed E-state index contributed by atoms with van der Waals surface area (Å²) in [5.74, 6) is -0.231. The zero-order chi connectivity index (χ0) is 20.3. The van der Waals surface area contributed by atoms with E-state index in [1.54, 1.807) is 38.1 Å². The van der Waals surface area contributed by atoms with Gasteiger partial charge in [0.25, 0.3) is 0 Å². The van der Waals surface area contributed by atoms with Crippen molar-refractivity contribution in [3.05, 3.63) is 52.2 Å². The van der Waals surface area contributed by atoms with Gasteiger partial charge in [-0.3, -0.25) is 14.4 Å². The van der Waals surface area contributed by atoms with Crippen molar-refractivity contribution in [1.29, 1.82) is 0 Å². The molecule has 0 aliphatic rings. The van der Waals surface area contributed by atoms with Gasteiger partial charge in [-0.15, -0.1) is 10.2 Å². The van der Waals surface area contributed by atoms with Crippen LogP contribution in [-0.2, 0) is 16.1 Å². The first-order valence-electron chi connectivity index (χ1n) is 8.61. The molecule has 0 amide bonds. The quantitative estimate of drug-likeness (QED) is 0.377. The maximum Gasteiger partial charge on any atom is 0.302 e. The second kappa shape index (κ2) is 7.95. The van der Waals surface area contributed by atoms with E-state index in [0.29, 0.717) is 45.8 Å². The number of esters is 1. The van der Waals surface area contributed by atoms with Crippen molar-refractivity contribution in [2.24, 2.45) is 0 Å². The number of nitrogens with one attached hydrogen (secondary N) is 1. The van der Waals surface area contributed by atoms with Crippen LogP contribution in [0.25, 0.3) is 11.5 Å². The number of hydrogen-bond donors (Lipinski definition) is 1. The van der Waals surface area contributed by atoms with Gasteiger partial charge >= 0.3 is 5.97 Å². The number of tetrazole rings is 1. The maximum atomic E-state index is 13.0. The molecule has 0 spiro atoms. The number of benzene rings is 1. The van der Waals surface area contributed by atoms with Gasteiger partial charge in [0.1, 0.15) is 12.9 Å². The lowest BCUT2D eigenvalue weighted by molar-refractivity contribution is -0.141. The molecule has 0 atom stereocenters. The number of aldehydes is 1. The number of rotatable bonds is 7. The van der Waals surface area contributed by atoms with Crippen LogP contribution in [0.4, 0.5) is 0 Å². The minimum Gasteiger partial charge on any atom is -0.464 e. The summed E-state index contributed by atoms with van der Waals surface area (Å²) in [5, 5.41) is 12.2. The SMILES string of the molecule is CC(=O)OCCn1nnc(-c2[nH]c(C)c(C(=O)c3cccc(C=O)c3)c2C)n1. The highest BCUT2D eigenvalue weighted by atomic mass is 16.5. The maximum absolute atomic E-state index is 13.0. The Morgan fingerprint density at radius 2 is 2.07 bits per heavy atom. The smallest absolute Gasteiger partial charge is 0.302 e. The summed E-state index contributed by atoms with van der Waals surface area (Å²) in [6.45, 7) is 5.34. The minimum absolute atomic E-state index is 0.144. The van der Waals surface area contributed by atoms with Crippen LogP contribution in [0.3, 0.4) is 0 Å². The molecule has 0 fully saturated rings. The van der Waals surface area contributed by atoms with E-state index in [0.717, 1.165) is 0 Å². The Balaban J connectivity index is 1.88. The number of ether oxygens (including phenoxy) is 1. The van der Waals surface area contributed by atoms with Gasteiger partial charge in [-0.25, -0.2) is 0 Å². The lowest BCUT2D eigenvalue weighted by atomic mass is 9.98. The molecule has 0 bridgehead atoms. The van der Waals surface area contributed by atoms with Crippen LogP contribution in [0.15, 0.2) is 24.3 Å². The molecule has 0 saturated carbocycles. The van der Waals surface area contributed by atoms with Crippen molar-refractivity contribution in [3.8, 4) is 11.5 Å². The number of aromatic amines is 1. The largest absolute Gasteiger partial charge is 0.464 e. The topological polar surface area (TPSA) is 120 Å². The number of ketones is 1. The zero-order valence-corrected chi connectivity index (χ0v) is 15.7. The third kappa shape index (κ3) is 3.88. The summed E-state index contributed by atoms with van der Waals surface area (Å²) in [5.41, 5.74) is 3.33. The molecule has 0 radical (unpaired) electrons. The number of carbonyl (C=O) groups is 3. The van der Waals surface area contributed by atoms with Crippen LogP contribution in [0.2, 0.25) is 0 Å². The summed E-state index contributed by atoms with van der Waals surface area (Å²) >= 11 is 0. The van der Waals surface area contributed by atoms with Crippen LogP contribution in [-0.4, -0.2) is 49.8 Å². The van der Waals surface area contributed by atoms with Crippen molar-refractivity contribution in [1.82, 2.24) is 25.2 Å². The fourth-order valence-electron chi connectivity index (χ4n) is 2.92. The summed E-state index contributed by atoms with van der Waals surface area (Å²) in [6.07, 6.45) is 0.705. The molecule has 28 heavy (non-hydrogen) atoms. The van der Waals surface area contributed by atoms with Crippen molar-refractivity contribution >= 4 is 18.0 Å². The zero-order valence-electron chi connectivity index (χ0n) is 15.7. The van der Waals surface area contributed by atoms with Crippen molar-refractivity contribution in [2.45, 2.75) is 27.3 Å². The Bertz CT molecular complexity index is 1050. The first kappa shape index (κ1) is 19.2. The second-order valence-electron chi connectivity index (χ2n) is 6.25. The van der Waals surface area contributed by atoms with Gasteiger partial charge in [0.2, 0.25) is 5.82 Å². The molecule has 9 heteroatoms. The van der Waals surface area contributed by atoms with E-state index >= 15 is 0 Å². The molecule has 0 unspecified atom stereocenters. The normalized spacial score (nSPS) is 10.7. The lowest BCUT2D eigenvalue weighted by Gasteiger charge is -2.03. The van der Waals surface area contributed by atoms with Crippen LogP contribution < -0.4 is 0 Å². The molecule has 0 saturated heterocycles. The molecule has 9 nitrogen and oxygen atoms in total. The fourth-order valence-corrected chi connectivity index (χ4v) is 2.92. The average molecular weight is 381 g/mol. The van der Waals surface area contributed by atoms with Crippen LogP contribution >= 0.6 is 0 Å². The van der Waals surface area contributed by atoms with Crippen molar-refractivity contribution in [3.63, 3.8) is 0 Å². The Morgan fingerprint density at radius 3 is 2.79 bits per heavy atom. The molecule has 2 aromatic heterocycles. The third-order valence-electron chi connectivity index (χ3n) is 4.22. The molecule has 144 valence electrons. The van der Waals surface area contributed by atoms with E-state index in [2.05, 4.69) is 20.4 Å². The summed E-state index contributed by atoms with van der Waals surface area (Å²) < 4.78 is 4.86. The number of aryl methyl sites for hydroxylation is 1. The molecular weight excluding hydrogens is 362 g/mol. The highest BCUT2D eigenvalue weighted by Crippen LogP contribution is 2.27. The van der Waals surface area contributed by atoms with Gasteiger partial charge in [0.15, 0.2) is 5.78 Å². The van der Waals surface area contributed by atoms with Gasteiger partial charge in [-0.2, -0.15) is 4.80 Å². The van der Waals surface area contributed by atoms with Crippen molar-refractivity contribution in [2.75, 3.05) is 6.61 Å². The first-order valence-corrected chi connectivity index (χ1v) is 8.61. The van der Waals surface area contributed by atoms with Gasteiger partial charge in [-0.05, 0) is 30.7 Å². The minimum atomic E-state index is -0.377. The number of nitrogens with zero attached hydrogens (tertiary/aromatic N) is 4. The second-order valence-corrected chi connectivity index (χ2v) is 6.25.